The molecule has 2 heterocycles. The molecule has 1 fully saturated rings. The van der Waals surface area contributed by atoms with Crippen molar-refractivity contribution in [2.45, 2.75) is 12.8 Å². The number of hydrogen-bond donors (Lipinski definition) is 0. The van der Waals surface area contributed by atoms with Crippen LogP contribution in [0.3, 0.4) is 0 Å². The van der Waals surface area contributed by atoms with Crippen molar-refractivity contribution < 1.29 is 23.9 Å². The number of amides is 1. The summed E-state index contributed by atoms with van der Waals surface area (Å²) in [5, 5.41) is 0.638. The molecule has 2 aromatic rings. The van der Waals surface area contributed by atoms with E-state index in [1.54, 1.807) is 47.4 Å². The maximum atomic E-state index is 12.6. The minimum absolute atomic E-state index is 0.0260. The molecule has 0 aliphatic carbocycles. The first kappa shape index (κ1) is 21.3. The number of Topliss-reactive ketones (excluding diaryl/α,β-unsaturated/α-hetero) is 1. The highest BCUT2D eigenvalue weighted by Gasteiger charge is 2.25. The Bertz CT molecular complexity index is 984. The summed E-state index contributed by atoms with van der Waals surface area (Å²) in [7, 11) is 0. The molecular weight excluding hydrogens is 420 g/mol. The quantitative estimate of drug-likeness (QED) is 0.373. The van der Waals surface area contributed by atoms with Gasteiger partial charge in [-0.05, 0) is 30.3 Å². The maximum Gasteiger partial charge on any atom is 0.315 e. The minimum atomic E-state index is -0.293. The molecule has 4 rings (SSSR count). The van der Waals surface area contributed by atoms with Crippen LogP contribution in [0.5, 0.6) is 11.5 Å². The molecule has 1 amide bonds. The fourth-order valence-electron chi connectivity index (χ4n) is 3.68. The molecule has 0 radical (unpaired) electrons. The molecule has 0 unspecified atom stereocenters. The van der Waals surface area contributed by atoms with Gasteiger partial charge >= 0.3 is 5.97 Å². The van der Waals surface area contributed by atoms with Crippen molar-refractivity contribution in [2.24, 2.45) is 0 Å². The van der Waals surface area contributed by atoms with E-state index in [4.69, 9.17) is 21.1 Å². The van der Waals surface area contributed by atoms with Crippen LogP contribution >= 0.6 is 11.6 Å². The normalized spacial score (nSPS) is 16.0. The van der Waals surface area contributed by atoms with Gasteiger partial charge in [-0.2, -0.15) is 0 Å². The summed E-state index contributed by atoms with van der Waals surface area (Å²) in [6, 6.07) is 12.2. The highest BCUT2D eigenvalue weighted by Crippen LogP contribution is 2.27. The van der Waals surface area contributed by atoms with E-state index < -0.39 is 0 Å². The Morgan fingerprint density at radius 3 is 2.52 bits per heavy atom. The Hall–Kier alpha value is -2.90. The van der Waals surface area contributed by atoms with Crippen LogP contribution in [0, 0.1) is 0 Å². The molecule has 7 nitrogen and oxygen atoms in total. The Morgan fingerprint density at radius 2 is 1.77 bits per heavy atom. The number of rotatable bonds is 7. The van der Waals surface area contributed by atoms with E-state index in [0.717, 1.165) is 5.56 Å². The Kier molecular flexibility index (Phi) is 6.53. The molecule has 0 saturated carbocycles. The summed E-state index contributed by atoms with van der Waals surface area (Å²) < 4.78 is 10.7. The lowest BCUT2D eigenvalue weighted by molar-refractivity contribution is -0.133. The third-order valence-corrected chi connectivity index (χ3v) is 5.69. The third-order valence-electron chi connectivity index (χ3n) is 5.44. The SMILES string of the molecule is O=C1Cc2ccc(C(=O)CN3CCN(C(=O)CCOc4ccc(Cl)cc4)CC3)cc2O1. The monoisotopic (exact) mass is 442 g/mol. The lowest BCUT2D eigenvalue weighted by atomic mass is 10.1. The predicted octanol–water partition coefficient (Wildman–Crippen LogP) is 2.60. The van der Waals surface area contributed by atoms with Crippen molar-refractivity contribution in [3.8, 4) is 11.5 Å². The van der Waals surface area contributed by atoms with Gasteiger partial charge in [-0.15, -0.1) is 0 Å². The largest absolute Gasteiger partial charge is 0.493 e. The number of fused-ring (bicyclic) bond motifs is 1. The van der Waals surface area contributed by atoms with Crippen molar-refractivity contribution in [3.63, 3.8) is 0 Å². The number of halogens is 1. The first-order chi connectivity index (χ1) is 15.0. The molecule has 0 bridgehead atoms. The summed E-state index contributed by atoms with van der Waals surface area (Å²) in [5.41, 5.74) is 1.35. The Morgan fingerprint density at radius 1 is 1.03 bits per heavy atom. The summed E-state index contributed by atoms with van der Waals surface area (Å²) in [5.74, 6) is 0.884. The maximum absolute atomic E-state index is 12.6. The van der Waals surface area contributed by atoms with Crippen molar-refractivity contribution in [1.29, 1.82) is 0 Å². The van der Waals surface area contributed by atoms with Crippen LogP contribution in [0.2, 0.25) is 5.02 Å². The van der Waals surface area contributed by atoms with Crippen molar-refractivity contribution >= 4 is 29.3 Å². The smallest absolute Gasteiger partial charge is 0.315 e. The number of carbonyl (C=O) groups is 3. The van der Waals surface area contributed by atoms with Gasteiger partial charge in [0.25, 0.3) is 0 Å². The molecule has 162 valence electrons. The number of hydrogen-bond acceptors (Lipinski definition) is 6. The topological polar surface area (TPSA) is 76.2 Å². The Labute approximate surface area is 185 Å². The van der Waals surface area contributed by atoms with Crippen LogP contribution in [0.1, 0.15) is 22.3 Å². The third kappa shape index (κ3) is 5.42. The number of nitrogens with zero attached hydrogens (tertiary/aromatic N) is 2. The average Bonchev–Trinajstić information content (AvgIpc) is 3.14. The van der Waals surface area contributed by atoms with E-state index in [1.807, 2.05) is 4.90 Å². The van der Waals surface area contributed by atoms with Gasteiger partial charge in [0.1, 0.15) is 11.5 Å². The number of ether oxygens (including phenoxy) is 2. The van der Waals surface area contributed by atoms with Gasteiger partial charge in [0.2, 0.25) is 5.91 Å². The van der Waals surface area contributed by atoms with Gasteiger partial charge in [0.05, 0.1) is 26.0 Å². The lowest BCUT2D eigenvalue weighted by Gasteiger charge is -2.34. The molecule has 0 N–H and O–H groups in total. The zero-order chi connectivity index (χ0) is 21.8. The molecule has 0 aromatic heterocycles. The van der Waals surface area contributed by atoms with Crippen LogP contribution in [0.4, 0.5) is 0 Å². The van der Waals surface area contributed by atoms with E-state index >= 15 is 0 Å². The average molecular weight is 443 g/mol. The van der Waals surface area contributed by atoms with E-state index in [-0.39, 0.29) is 30.6 Å². The van der Waals surface area contributed by atoms with Crippen LogP contribution < -0.4 is 9.47 Å². The second-order valence-corrected chi connectivity index (χ2v) is 8.04. The molecular formula is C23H23ClN2O5. The van der Waals surface area contributed by atoms with E-state index in [9.17, 15) is 14.4 Å². The van der Waals surface area contributed by atoms with Gasteiger partial charge in [0, 0.05) is 42.3 Å². The molecule has 31 heavy (non-hydrogen) atoms. The summed E-state index contributed by atoms with van der Waals surface area (Å²) in [6.45, 7) is 3.01. The van der Waals surface area contributed by atoms with Crippen LogP contribution in [-0.4, -0.2) is 66.8 Å². The Balaban J connectivity index is 1.20. The van der Waals surface area contributed by atoms with E-state index in [0.29, 0.717) is 61.3 Å². The summed E-state index contributed by atoms with van der Waals surface area (Å²) >= 11 is 5.84. The first-order valence-electron chi connectivity index (χ1n) is 10.2. The van der Waals surface area contributed by atoms with Gasteiger partial charge in [-0.1, -0.05) is 23.7 Å². The number of ketones is 1. The second-order valence-electron chi connectivity index (χ2n) is 7.61. The van der Waals surface area contributed by atoms with Crippen molar-refractivity contribution in [3.05, 3.63) is 58.6 Å². The van der Waals surface area contributed by atoms with Gasteiger partial charge in [-0.25, -0.2) is 0 Å². The fourth-order valence-corrected chi connectivity index (χ4v) is 3.80. The van der Waals surface area contributed by atoms with Gasteiger partial charge in [0.15, 0.2) is 5.78 Å². The number of benzene rings is 2. The zero-order valence-electron chi connectivity index (χ0n) is 17.0. The number of esters is 1. The lowest BCUT2D eigenvalue weighted by Crippen LogP contribution is -2.50. The number of carbonyl (C=O) groups excluding carboxylic acids is 3. The standard InChI is InChI=1S/C23H23ClN2O5/c24-18-3-5-19(6-4-18)30-12-7-22(28)26-10-8-25(9-11-26)15-20(27)16-1-2-17-14-23(29)31-21(17)13-16/h1-6,13H,7-12,14-15H2. The van der Waals surface area contributed by atoms with Crippen molar-refractivity contribution in [1.82, 2.24) is 9.80 Å². The summed E-state index contributed by atoms with van der Waals surface area (Å²) in [4.78, 5) is 40.3. The van der Waals surface area contributed by atoms with Crippen molar-refractivity contribution in [2.75, 3.05) is 39.3 Å². The minimum Gasteiger partial charge on any atom is -0.493 e. The zero-order valence-corrected chi connectivity index (χ0v) is 17.8. The second kappa shape index (κ2) is 9.49. The van der Waals surface area contributed by atoms with Crippen LogP contribution in [0.15, 0.2) is 42.5 Å². The molecule has 0 spiro atoms. The molecule has 0 atom stereocenters. The molecule has 2 aliphatic rings. The molecule has 1 saturated heterocycles. The first-order valence-corrected chi connectivity index (χ1v) is 10.6. The van der Waals surface area contributed by atoms with Crippen LogP contribution in [-0.2, 0) is 16.0 Å². The highest BCUT2D eigenvalue weighted by atomic mass is 35.5. The fraction of sp³-hybridized carbons (Fsp3) is 0.348. The molecule has 2 aromatic carbocycles. The van der Waals surface area contributed by atoms with Gasteiger partial charge in [-0.3, -0.25) is 19.3 Å². The molecule has 2 aliphatic heterocycles. The van der Waals surface area contributed by atoms with E-state index in [2.05, 4.69) is 0 Å². The highest BCUT2D eigenvalue weighted by molar-refractivity contribution is 6.30. The molecule has 8 heteroatoms. The number of piperazine rings is 1. The van der Waals surface area contributed by atoms with Gasteiger partial charge < -0.3 is 14.4 Å². The predicted molar refractivity (Wildman–Crippen MR) is 115 cm³/mol. The van der Waals surface area contributed by atoms with E-state index in [1.165, 1.54) is 0 Å². The van der Waals surface area contributed by atoms with Crippen LogP contribution in [0.25, 0.3) is 0 Å². The summed E-state index contributed by atoms with van der Waals surface area (Å²) in [6.07, 6.45) is 0.555.